The fraction of sp³-hybridized carbons (Fsp3) is 0.375. The topological polar surface area (TPSA) is 59.0 Å². The summed E-state index contributed by atoms with van der Waals surface area (Å²) in [6.45, 7) is 6.27. The van der Waals surface area contributed by atoms with Gasteiger partial charge in [0.25, 0.3) is 0 Å². The van der Waals surface area contributed by atoms with Gasteiger partial charge in [-0.3, -0.25) is 4.79 Å². The van der Waals surface area contributed by atoms with Crippen LogP contribution < -0.4 is 10.6 Å². The Balaban J connectivity index is 1.87. The molecule has 0 unspecified atom stereocenters. The molecule has 2 N–H and O–H groups in total. The molecule has 0 spiro atoms. The number of hydrogen-bond donors (Lipinski definition) is 2. The molecule has 0 saturated carbocycles. The van der Waals surface area contributed by atoms with Gasteiger partial charge in [-0.2, -0.15) is 5.10 Å². The van der Waals surface area contributed by atoms with Crippen LogP contribution in [0.1, 0.15) is 38.4 Å². The van der Waals surface area contributed by atoms with Gasteiger partial charge in [-0.15, -0.1) is 0 Å². The molecule has 0 aliphatic rings. The van der Waals surface area contributed by atoms with Crippen molar-refractivity contribution in [1.29, 1.82) is 0 Å². The third-order valence-corrected chi connectivity index (χ3v) is 3.62. The maximum atomic E-state index is 12.0. The fourth-order valence-electron chi connectivity index (χ4n) is 2.13. The summed E-state index contributed by atoms with van der Waals surface area (Å²) in [4.78, 5) is 12.0. The van der Waals surface area contributed by atoms with E-state index in [0.717, 1.165) is 5.56 Å². The summed E-state index contributed by atoms with van der Waals surface area (Å²) in [6, 6.07) is 9.65. The summed E-state index contributed by atoms with van der Waals surface area (Å²) in [5, 5.41) is 11.0. The molecule has 1 aromatic heterocycles. The SMILES string of the molecule is CC(C)n1nccc1NC(=O)CN[C@@H](C)c1ccc(Cl)cc1. The molecule has 1 heterocycles. The average molecular weight is 321 g/mol. The summed E-state index contributed by atoms with van der Waals surface area (Å²) in [6.07, 6.45) is 1.68. The molecule has 0 saturated heterocycles. The van der Waals surface area contributed by atoms with Gasteiger partial charge in [0.05, 0.1) is 12.7 Å². The molecular formula is C16H21ClN4O. The van der Waals surface area contributed by atoms with E-state index in [4.69, 9.17) is 11.6 Å². The number of nitrogens with one attached hydrogen (secondary N) is 2. The molecule has 5 nitrogen and oxygen atoms in total. The van der Waals surface area contributed by atoms with Crippen LogP contribution in [0.4, 0.5) is 5.82 Å². The lowest BCUT2D eigenvalue weighted by Crippen LogP contribution is -2.30. The van der Waals surface area contributed by atoms with Gasteiger partial charge in [-0.1, -0.05) is 23.7 Å². The molecule has 0 fully saturated rings. The first kappa shape index (κ1) is 16.5. The summed E-state index contributed by atoms with van der Waals surface area (Å²) >= 11 is 5.87. The van der Waals surface area contributed by atoms with Crippen molar-refractivity contribution in [3.63, 3.8) is 0 Å². The molecule has 118 valence electrons. The number of carbonyl (C=O) groups is 1. The lowest BCUT2D eigenvalue weighted by molar-refractivity contribution is -0.115. The third kappa shape index (κ3) is 4.32. The van der Waals surface area contributed by atoms with Crippen LogP contribution in [0.25, 0.3) is 0 Å². The predicted molar refractivity (Wildman–Crippen MR) is 89.1 cm³/mol. The van der Waals surface area contributed by atoms with Gasteiger partial charge in [0.1, 0.15) is 5.82 Å². The van der Waals surface area contributed by atoms with E-state index < -0.39 is 0 Å². The summed E-state index contributed by atoms with van der Waals surface area (Å²) in [7, 11) is 0. The molecule has 0 radical (unpaired) electrons. The number of carbonyl (C=O) groups excluding carboxylic acids is 1. The van der Waals surface area contributed by atoms with E-state index in [1.807, 2.05) is 45.0 Å². The van der Waals surface area contributed by atoms with Gasteiger partial charge in [-0.25, -0.2) is 4.68 Å². The van der Waals surface area contributed by atoms with Crippen molar-refractivity contribution < 1.29 is 4.79 Å². The van der Waals surface area contributed by atoms with Crippen molar-refractivity contribution in [3.05, 3.63) is 47.1 Å². The predicted octanol–water partition coefficient (Wildman–Crippen LogP) is 3.41. The zero-order valence-electron chi connectivity index (χ0n) is 13.0. The van der Waals surface area contributed by atoms with Crippen molar-refractivity contribution in [2.45, 2.75) is 32.9 Å². The lowest BCUT2D eigenvalue weighted by atomic mass is 10.1. The van der Waals surface area contributed by atoms with E-state index in [2.05, 4.69) is 15.7 Å². The van der Waals surface area contributed by atoms with Crippen LogP contribution in [0.15, 0.2) is 36.5 Å². The molecule has 0 aliphatic carbocycles. The minimum absolute atomic E-state index is 0.0676. The number of benzene rings is 1. The van der Waals surface area contributed by atoms with Gasteiger partial charge in [0.15, 0.2) is 0 Å². The highest BCUT2D eigenvalue weighted by atomic mass is 35.5. The number of hydrogen-bond acceptors (Lipinski definition) is 3. The van der Waals surface area contributed by atoms with E-state index in [-0.39, 0.29) is 24.5 Å². The number of anilines is 1. The molecule has 6 heteroatoms. The molecule has 0 bridgehead atoms. The lowest BCUT2D eigenvalue weighted by Gasteiger charge is -2.15. The van der Waals surface area contributed by atoms with Gasteiger partial charge in [0, 0.05) is 23.2 Å². The number of rotatable bonds is 6. The van der Waals surface area contributed by atoms with E-state index in [9.17, 15) is 4.79 Å². The van der Waals surface area contributed by atoms with Gasteiger partial charge >= 0.3 is 0 Å². The molecule has 1 atom stereocenters. The zero-order valence-corrected chi connectivity index (χ0v) is 13.8. The summed E-state index contributed by atoms with van der Waals surface area (Å²) in [5.74, 6) is 0.615. The molecule has 1 amide bonds. The second-order valence-electron chi connectivity index (χ2n) is 5.46. The molecule has 2 aromatic rings. The van der Waals surface area contributed by atoms with Crippen LogP contribution in [-0.2, 0) is 4.79 Å². The summed E-state index contributed by atoms with van der Waals surface area (Å²) < 4.78 is 1.78. The van der Waals surface area contributed by atoms with Crippen molar-refractivity contribution in [2.24, 2.45) is 0 Å². The highest BCUT2D eigenvalue weighted by molar-refractivity contribution is 6.30. The van der Waals surface area contributed by atoms with Gasteiger partial charge in [0.2, 0.25) is 5.91 Å². The maximum Gasteiger partial charge on any atom is 0.239 e. The van der Waals surface area contributed by atoms with Crippen LogP contribution >= 0.6 is 11.6 Å². The minimum atomic E-state index is -0.0942. The Morgan fingerprint density at radius 2 is 1.91 bits per heavy atom. The number of nitrogens with zero attached hydrogens (tertiary/aromatic N) is 2. The van der Waals surface area contributed by atoms with Gasteiger partial charge < -0.3 is 10.6 Å². The highest BCUT2D eigenvalue weighted by Crippen LogP contribution is 2.16. The second kappa shape index (κ2) is 7.42. The molecule has 0 aliphatic heterocycles. The Bertz CT molecular complexity index is 621. The largest absolute Gasteiger partial charge is 0.310 e. The van der Waals surface area contributed by atoms with Crippen LogP contribution in [0.5, 0.6) is 0 Å². The van der Waals surface area contributed by atoms with Crippen LogP contribution in [0.3, 0.4) is 0 Å². The number of aromatic nitrogens is 2. The first-order valence-electron chi connectivity index (χ1n) is 7.29. The molecule has 22 heavy (non-hydrogen) atoms. The molecular weight excluding hydrogens is 300 g/mol. The Morgan fingerprint density at radius 1 is 1.23 bits per heavy atom. The normalized spacial score (nSPS) is 12.4. The van der Waals surface area contributed by atoms with Crippen molar-refractivity contribution in [2.75, 3.05) is 11.9 Å². The highest BCUT2D eigenvalue weighted by Gasteiger charge is 2.11. The third-order valence-electron chi connectivity index (χ3n) is 3.37. The first-order valence-corrected chi connectivity index (χ1v) is 7.67. The zero-order chi connectivity index (χ0) is 16.1. The molecule has 2 rings (SSSR count). The first-order chi connectivity index (χ1) is 10.5. The molecule has 1 aromatic carbocycles. The quantitative estimate of drug-likeness (QED) is 0.857. The van der Waals surface area contributed by atoms with Crippen molar-refractivity contribution >= 4 is 23.3 Å². The number of amides is 1. The van der Waals surface area contributed by atoms with Crippen molar-refractivity contribution in [3.8, 4) is 0 Å². The van der Waals surface area contributed by atoms with E-state index >= 15 is 0 Å². The Labute approximate surface area is 135 Å². The Hall–Kier alpha value is -1.85. The fourth-order valence-corrected chi connectivity index (χ4v) is 2.25. The second-order valence-corrected chi connectivity index (χ2v) is 5.89. The van der Waals surface area contributed by atoms with Crippen LogP contribution in [0, 0.1) is 0 Å². The number of halogens is 1. The Morgan fingerprint density at radius 3 is 2.55 bits per heavy atom. The minimum Gasteiger partial charge on any atom is -0.310 e. The monoisotopic (exact) mass is 320 g/mol. The summed E-state index contributed by atoms with van der Waals surface area (Å²) in [5.41, 5.74) is 1.09. The van der Waals surface area contributed by atoms with Crippen LogP contribution in [0.2, 0.25) is 5.02 Å². The van der Waals surface area contributed by atoms with Gasteiger partial charge in [-0.05, 0) is 38.5 Å². The van der Waals surface area contributed by atoms with Crippen LogP contribution in [-0.4, -0.2) is 22.2 Å². The van der Waals surface area contributed by atoms with E-state index in [1.54, 1.807) is 16.9 Å². The van der Waals surface area contributed by atoms with Crippen molar-refractivity contribution in [1.82, 2.24) is 15.1 Å². The average Bonchev–Trinajstić information content (AvgIpc) is 2.94. The Kier molecular flexibility index (Phi) is 5.57. The van der Waals surface area contributed by atoms with E-state index in [1.165, 1.54) is 0 Å². The standard InChI is InChI=1S/C16H21ClN4O/c1-11(2)21-15(8-9-19-21)20-16(22)10-18-12(3)13-4-6-14(17)7-5-13/h4-9,11-12,18H,10H2,1-3H3,(H,20,22)/t12-/m0/s1. The maximum absolute atomic E-state index is 12.0. The smallest absolute Gasteiger partial charge is 0.239 e. The van der Waals surface area contributed by atoms with E-state index in [0.29, 0.717) is 10.8 Å².